The normalized spacial score (nSPS) is 37.2. The monoisotopic (exact) mass is 677 g/mol. The minimum Gasteiger partial charge on any atom is -0.381 e. The molecule has 0 radical (unpaired) electrons. The lowest BCUT2D eigenvalue weighted by molar-refractivity contribution is 0.114. The summed E-state index contributed by atoms with van der Waals surface area (Å²) in [5.74, 6) is 6.59. The van der Waals surface area contributed by atoms with E-state index in [-0.39, 0.29) is 0 Å². The van der Waals surface area contributed by atoms with Crippen LogP contribution in [0.5, 0.6) is 0 Å². The topological polar surface area (TPSA) is 49.9 Å². The zero-order chi connectivity index (χ0) is 35.1. The van der Waals surface area contributed by atoms with Gasteiger partial charge in [0, 0.05) is 122 Å². The van der Waals surface area contributed by atoms with E-state index in [0.29, 0.717) is 22.2 Å². The molecule has 0 amide bonds. The zero-order valence-corrected chi connectivity index (χ0v) is 33.4. The quantitative estimate of drug-likeness (QED) is 0.336. The van der Waals surface area contributed by atoms with Gasteiger partial charge in [0.25, 0.3) is 0 Å². The highest BCUT2D eigenvalue weighted by molar-refractivity contribution is 4.95. The molecular weight excluding hydrogens is 600 g/mol. The van der Waals surface area contributed by atoms with E-state index < -0.39 is 0 Å². The Labute approximate surface area is 295 Å². The first-order chi connectivity index (χ1) is 22.3. The summed E-state index contributed by atoms with van der Waals surface area (Å²) in [4.78, 5) is 10.4. The van der Waals surface area contributed by atoms with Crippen LogP contribution < -0.4 is 0 Å². The fraction of sp³-hybridized carbons (Fsp3) is 1.00. The van der Waals surface area contributed by atoms with Gasteiger partial charge in [-0.25, -0.2) is 0 Å². The minimum atomic E-state index is 0.352. The van der Waals surface area contributed by atoms with E-state index in [4.69, 9.17) is 18.9 Å². The Morgan fingerprint density at radius 1 is 0.271 bits per heavy atom. The summed E-state index contributed by atoms with van der Waals surface area (Å²) < 4.78 is 21.8. The van der Waals surface area contributed by atoms with Crippen LogP contribution in [0.3, 0.4) is 0 Å². The van der Waals surface area contributed by atoms with Crippen molar-refractivity contribution in [2.24, 2.45) is 47.3 Å². The number of hydrogen-bond acceptors (Lipinski definition) is 8. The molecule has 8 aliphatic rings. The smallest absolute Gasteiger partial charge is 0.0510 e. The summed E-state index contributed by atoms with van der Waals surface area (Å²) in [6.45, 7) is 45.5. The summed E-state index contributed by atoms with van der Waals surface area (Å²) in [5.41, 5.74) is 1.41. The van der Waals surface area contributed by atoms with Crippen molar-refractivity contribution in [1.29, 1.82) is 0 Å². The van der Waals surface area contributed by atoms with Crippen LogP contribution in [0.15, 0.2) is 0 Å². The highest BCUT2D eigenvalue weighted by Crippen LogP contribution is 2.36. The fourth-order valence-electron chi connectivity index (χ4n) is 8.94. The van der Waals surface area contributed by atoms with Crippen molar-refractivity contribution in [2.75, 3.05) is 105 Å². The Morgan fingerprint density at radius 2 is 0.396 bits per heavy atom. The molecule has 0 saturated carbocycles. The van der Waals surface area contributed by atoms with Gasteiger partial charge in [-0.15, -0.1) is 0 Å². The van der Waals surface area contributed by atoms with Crippen LogP contribution >= 0.6 is 0 Å². The first-order valence-corrected chi connectivity index (χ1v) is 19.6. The average molecular weight is 677 g/mol. The van der Waals surface area contributed by atoms with Gasteiger partial charge in [0.1, 0.15) is 0 Å². The number of hydrogen-bond donors (Lipinski definition) is 0. The summed E-state index contributed by atoms with van der Waals surface area (Å²) >= 11 is 0. The van der Waals surface area contributed by atoms with E-state index in [1.54, 1.807) is 0 Å². The zero-order valence-electron chi connectivity index (χ0n) is 33.4. The van der Waals surface area contributed by atoms with Crippen molar-refractivity contribution in [3.05, 3.63) is 0 Å². The van der Waals surface area contributed by atoms with Crippen LogP contribution in [-0.2, 0) is 18.9 Å². The lowest BCUT2D eigenvalue weighted by Crippen LogP contribution is -2.40. The van der Waals surface area contributed by atoms with Crippen LogP contribution in [0, 0.1) is 47.3 Å². The number of fused-ring (bicyclic) bond motifs is 4. The molecule has 8 heterocycles. The van der Waals surface area contributed by atoms with E-state index in [0.717, 1.165) is 100 Å². The van der Waals surface area contributed by atoms with E-state index >= 15 is 0 Å². The van der Waals surface area contributed by atoms with Gasteiger partial charge in [-0.05, 0) is 83.1 Å². The summed E-state index contributed by atoms with van der Waals surface area (Å²) in [7, 11) is 0. The standard InChI is InChI=1S/4C10H19NO/c4*1-10(2,3)11-4-8-6-12-7-9(8)5-11/h4*8-9H,4-7H2,1-3H3/t2*8-,9+;2*8-,9-/m..10/s1. The number of likely N-dealkylation sites (tertiary alicyclic amines) is 4. The molecule has 0 aliphatic carbocycles. The SMILES string of the molecule is CC(C)(C)N1C[C@@H]2COC[C@H]2C1.CC(C)(C)N1C[C@H]2COC[C@@H]2C1.CC(C)(C)N1C[C@H]2COC[C@H]2C1.CC(C)(C)N1C[C@H]2COC[C@H]2C1. The van der Waals surface area contributed by atoms with Gasteiger partial charge < -0.3 is 18.9 Å². The molecule has 0 aromatic carbocycles. The second-order valence-corrected chi connectivity index (χ2v) is 20.5. The first-order valence-electron chi connectivity index (χ1n) is 19.6. The van der Waals surface area contributed by atoms with E-state index in [1.807, 2.05) is 0 Å². The molecule has 8 heteroatoms. The predicted octanol–water partition coefficient (Wildman–Crippen LogP) is 5.45. The Balaban J connectivity index is 0.000000125. The molecule has 0 unspecified atom stereocenters. The third kappa shape index (κ3) is 9.96. The Kier molecular flexibility index (Phi) is 12.4. The molecule has 48 heavy (non-hydrogen) atoms. The molecule has 8 atom stereocenters. The maximum Gasteiger partial charge on any atom is 0.0510 e. The highest BCUT2D eigenvalue weighted by Gasteiger charge is 2.43. The number of ether oxygens (including phenoxy) is 4. The van der Waals surface area contributed by atoms with Crippen molar-refractivity contribution in [3.63, 3.8) is 0 Å². The summed E-state index contributed by atoms with van der Waals surface area (Å²) in [6.07, 6.45) is 0. The Hall–Kier alpha value is -0.320. The molecule has 0 aromatic rings. The maximum atomic E-state index is 5.45. The highest BCUT2D eigenvalue weighted by atomic mass is 16.5. The second kappa shape index (κ2) is 15.3. The third-order valence-corrected chi connectivity index (χ3v) is 12.8. The summed E-state index contributed by atoms with van der Waals surface area (Å²) in [5, 5.41) is 0. The van der Waals surface area contributed by atoms with Gasteiger partial charge in [-0.1, -0.05) is 0 Å². The Bertz CT molecular complexity index is 805. The largest absolute Gasteiger partial charge is 0.381 e. The van der Waals surface area contributed by atoms with Crippen molar-refractivity contribution < 1.29 is 18.9 Å². The van der Waals surface area contributed by atoms with Crippen molar-refractivity contribution in [3.8, 4) is 0 Å². The lowest BCUT2D eigenvalue weighted by Gasteiger charge is -2.32. The Morgan fingerprint density at radius 3 is 0.500 bits per heavy atom. The fourth-order valence-corrected chi connectivity index (χ4v) is 8.94. The molecule has 0 spiro atoms. The second-order valence-electron chi connectivity index (χ2n) is 20.5. The van der Waals surface area contributed by atoms with Crippen LogP contribution in [0.2, 0.25) is 0 Å². The maximum absolute atomic E-state index is 5.45. The summed E-state index contributed by atoms with van der Waals surface area (Å²) in [6, 6.07) is 0. The van der Waals surface area contributed by atoms with Crippen LogP contribution in [0.1, 0.15) is 83.1 Å². The minimum absolute atomic E-state index is 0.352. The van der Waals surface area contributed by atoms with E-state index in [1.165, 1.54) is 52.4 Å². The molecule has 0 aromatic heterocycles. The molecule has 8 rings (SSSR count). The molecule has 8 fully saturated rings. The van der Waals surface area contributed by atoms with Crippen molar-refractivity contribution in [2.45, 2.75) is 105 Å². The molecule has 280 valence electrons. The van der Waals surface area contributed by atoms with E-state index in [9.17, 15) is 0 Å². The van der Waals surface area contributed by atoms with E-state index in [2.05, 4.69) is 103 Å². The van der Waals surface area contributed by atoms with Gasteiger partial charge in [0.2, 0.25) is 0 Å². The van der Waals surface area contributed by atoms with Gasteiger partial charge in [0.15, 0.2) is 0 Å². The molecule has 8 aliphatic heterocycles. The third-order valence-electron chi connectivity index (χ3n) is 12.8. The van der Waals surface area contributed by atoms with Gasteiger partial charge >= 0.3 is 0 Å². The van der Waals surface area contributed by atoms with Crippen LogP contribution in [0.25, 0.3) is 0 Å². The van der Waals surface area contributed by atoms with Crippen LogP contribution in [-0.4, -0.2) is 147 Å². The molecule has 8 nitrogen and oxygen atoms in total. The molecule has 0 N–H and O–H groups in total. The predicted molar refractivity (Wildman–Crippen MR) is 196 cm³/mol. The first kappa shape index (κ1) is 38.9. The number of nitrogens with zero attached hydrogens (tertiary/aromatic N) is 4. The van der Waals surface area contributed by atoms with Crippen LogP contribution in [0.4, 0.5) is 0 Å². The molecule has 0 bridgehead atoms. The van der Waals surface area contributed by atoms with Gasteiger partial charge in [-0.2, -0.15) is 0 Å². The van der Waals surface area contributed by atoms with Gasteiger partial charge in [-0.3, -0.25) is 19.6 Å². The van der Waals surface area contributed by atoms with Crippen molar-refractivity contribution in [1.82, 2.24) is 19.6 Å². The number of rotatable bonds is 0. The van der Waals surface area contributed by atoms with Gasteiger partial charge in [0.05, 0.1) is 52.9 Å². The van der Waals surface area contributed by atoms with Crippen molar-refractivity contribution >= 4 is 0 Å². The molecular formula is C40H76N4O4. The average Bonchev–Trinajstić information content (AvgIpc) is 3.78. The molecule has 8 saturated heterocycles. The lowest BCUT2D eigenvalue weighted by atomic mass is 10.0.